The lowest BCUT2D eigenvalue weighted by Gasteiger charge is -2.25. The van der Waals surface area contributed by atoms with Gasteiger partial charge < -0.3 is 19.5 Å². The van der Waals surface area contributed by atoms with E-state index in [-0.39, 0.29) is 17.3 Å². The first kappa shape index (κ1) is 25.3. The first-order chi connectivity index (χ1) is 16.2. The number of carbonyl (C=O) groups excluding carboxylic acids is 2. The van der Waals surface area contributed by atoms with Crippen molar-refractivity contribution in [2.45, 2.75) is 59.4 Å². The predicted octanol–water partition coefficient (Wildman–Crippen LogP) is 5.75. The third kappa shape index (κ3) is 4.81. The van der Waals surface area contributed by atoms with Crippen molar-refractivity contribution in [1.82, 2.24) is 4.90 Å². The summed E-state index contributed by atoms with van der Waals surface area (Å²) in [6.07, 6.45) is 1.60. The number of aliphatic hydroxyl groups excluding tert-OH is 1. The lowest BCUT2D eigenvalue weighted by Crippen LogP contribution is -2.30. The van der Waals surface area contributed by atoms with Gasteiger partial charge in [-0.2, -0.15) is 0 Å². The Kier molecular flexibility index (Phi) is 8.02. The summed E-state index contributed by atoms with van der Waals surface area (Å²) in [5.41, 5.74) is 3.10. The number of carbonyl (C=O) groups is 2. The normalized spacial score (nSPS) is 17.5. The van der Waals surface area contributed by atoms with Crippen LogP contribution in [0.25, 0.3) is 5.76 Å². The fourth-order valence-corrected chi connectivity index (χ4v) is 4.39. The summed E-state index contributed by atoms with van der Waals surface area (Å²) in [6.45, 7) is 11.0. The largest absolute Gasteiger partial charge is 0.507 e. The number of hydrogen-bond acceptors (Lipinski definition) is 5. The second kappa shape index (κ2) is 10.8. The topological polar surface area (TPSA) is 76.1 Å². The van der Waals surface area contributed by atoms with E-state index in [0.29, 0.717) is 25.1 Å². The van der Waals surface area contributed by atoms with Gasteiger partial charge in [0.05, 0.1) is 25.3 Å². The molecule has 6 nitrogen and oxygen atoms in total. The van der Waals surface area contributed by atoms with Crippen LogP contribution in [0.5, 0.6) is 11.5 Å². The van der Waals surface area contributed by atoms with Crippen molar-refractivity contribution in [3.05, 3.63) is 64.2 Å². The summed E-state index contributed by atoms with van der Waals surface area (Å²) in [4.78, 5) is 27.7. The monoisotopic (exact) mass is 465 g/mol. The molecular formula is C28H35NO5. The summed E-state index contributed by atoms with van der Waals surface area (Å²) in [7, 11) is 1.62. The summed E-state index contributed by atoms with van der Waals surface area (Å²) < 4.78 is 11.2. The molecule has 1 saturated heterocycles. The Morgan fingerprint density at radius 2 is 1.76 bits per heavy atom. The number of ether oxygens (including phenoxy) is 2. The van der Waals surface area contributed by atoms with Gasteiger partial charge in [-0.1, -0.05) is 39.8 Å². The van der Waals surface area contributed by atoms with Gasteiger partial charge in [-0.3, -0.25) is 9.59 Å². The Morgan fingerprint density at radius 1 is 1.09 bits per heavy atom. The second-order valence-corrected chi connectivity index (χ2v) is 8.97. The van der Waals surface area contributed by atoms with Crippen molar-refractivity contribution >= 4 is 17.4 Å². The number of hydrogen-bond donors (Lipinski definition) is 1. The van der Waals surface area contributed by atoms with Gasteiger partial charge in [0.25, 0.3) is 11.7 Å². The molecule has 1 heterocycles. The summed E-state index contributed by atoms with van der Waals surface area (Å²) in [6, 6.07) is 10.5. The van der Waals surface area contributed by atoms with Crippen LogP contribution < -0.4 is 9.47 Å². The number of methoxy groups -OCH3 is 1. The molecule has 1 unspecified atom stereocenters. The van der Waals surface area contributed by atoms with Crippen LogP contribution >= 0.6 is 0 Å². The molecule has 0 aliphatic carbocycles. The van der Waals surface area contributed by atoms with E-state index in [1.807, 2.05) is 71.0 Å². The Bertz CT molecular complexity index is 1080. The Labute approximate surface area is 202 Å². The maximum absolute atomic E-state index is 13.2. The van der Waals surface area contributed by atoms with E-state index < -0.39 is 17.7 Å². The van der Waals surface area contributed by atoms with Crippen LogP contribution in [0.3, 0.4) is 0 Å². The number of benzene rings is 2. The SMILES string of the molecule is CCCOc1ccc(C2/C(=C(\O)c3cc(C(C)C)c(OC)cc3C)C(=O)C(=O)N2CCC)cc1. The van der Waals surface area contributed by atoms with Crippen molar-refractivity contribution in [2.75, 3.05) is 20.3 Å². The van der Waals surface area contributed by atoms with Gasteiger partial charge in [-0.05, 0) is 66.6 Å². The van der Waals surface area contributed by atoms with Gasteiger partial charge in [-0.25, -0.2) is 0 Å². The highest BCUT2D eigenvalue weighted by molar-refractivity contribution is 6.46. The molecule has 1 amide bonds. The van der Waals surface area contributed by atoms with Crippen molar-refractivity contribution < 1.29 is 24.2 Å². The molecular weight excluding hydrogens is 430 g/mol. The smallest absolute Gasteiger partial charge is 0.295 e. The first-order valence-electron chi connectivity index (χ1n) is 11.9. The fourth-order valence-electron chi connectivity index (χ4n) is 4.39. The standard InChI is InChI=1S/C28H35NO5/c1-7-13-29-25(19-9-11-20(12-10-19)34-14-8-2)24(27(31)28(29)32)26(30)22-16-21(17(3)4)23(33-6)15-18(22)5/h9-12,15-17,25,30H,7-8,13-14H2,1-6H3/b26-24+. The molecule has 1 aliphatic rings. The lowest BCUT2D eigenvalue weighted by molar-refractivity contribution is -0.139. The van der Waals surface area contributed by atoms with Gasteiger partial charge in [0.15, 0.2) is 0 Å². The van der Waals surface area contributed by atoms with E-state index in [1.165, 1.54) is 0 Å². The van der Waals surface area contributed by atoms with E-state index in [4.69, 9.17) is 9.47 Å². The second-order valence-electron chi connectivity index (χ2n) is 8.97. The molecule has 0 aromatic heterocycles. The fraction of sp³-hybridized carbons (Fsp3) is 0.429. The third-order valence-corrected chi connectivity index (χ3v) is 6.13. The Morgan fingerprint density at radius 3 is 2.32 bits per heavy atom. The molecule has 0 spiro atoms. The minimum Gasteiger partial charge on any atom is -0.507 e. The van der Waals surface area contributed by atoms with Crippen molar-refractivity contribution in [1.29, 1.82) is 0 Å². The first-order valence-corrected chi connectivity index (χ1v) is 11.9. The third-order valence-electron chi connectivity index (χ3n) is 6.13. The summed E-state index contributed by atoms with van der Waals surface area (Å²) >= 11 is 0. The highest BCUT2D eigenvalue weighted by atomic mass is 16.5. The molecule has 1 fully saturated rings. The quantitative estimate of drug-likeness (QED) is 0.290. The highest BCUT2D eigenvalue weighted by Crippen LogP contribution is 2.41. The molecule has 1 aliphatic heterocycles. The van der Waals surface area contributed by atoms with E-state index in [1.54, 1.807) is 12.0 Å². The van der Waals surface area contributed by atoms with Crippen molar-refractivity contribution in [3.8, 4) is 11.5 Å². The van der Waals surface area contributed by atoms with Crippen LogP contribution in [-0.2, 0) is 9.59 Å². The number of amides is 1. The Balaban J connectivity index is 2.18. The summed E-state index contributed by atoms with van der Waals surface area (Å²) in [5, 5.41) is 11.5. The molecule has 1 N–H and O–H groups in total. The number of aliphatic hydroxyl groups is 1. The van der Waals surface area contributed by atoms with E-state index in [9.17, 15) is 14.7 Å². The number of nitrogens with zero attached hydrogens (tertiary/aromatic N) is 1. The lowest BCUT2D eigenvalue weighted by atomic mass is 9.91. The minimum atomic E-state index is -0.663. The van der Waals surface area contributed by atoms with Crippen molar-refractivity contribution in [2.24, 2.45) is 0 Å². The molecule has 1 atom stereocenters. The number of aryl methyl sites for hydroxylation is 1. The molecule has 0 saturated carbocycles. The summed E-state index contributed by atoms with van der Waals surface area (Å²) in [5.74, 6) is 0.199. The van der Waals surface area contributed by atoms with E-state index >= 15 is 0 Å². The van der Waals surface area contributed by atoms with Crippen LogP contribution in [-0.4, -0.2) is 42.0 Å². The number of rotatable bonds is 9. The predicted molar refractivity (Wildman–Crippen MR) is 133 cm³/mol. The number of likely N-dealkylation sites (tertiary alicyclic amines) is 1. The van der Waals surface area contributed by atoms with Crippen LogP contribution in [0.15, 0.2) is 42.0 Å². The maximum Gasteiger partial charge on any atom is 0.295 e. The van der Waals surface area contributed by atoms with E-state index in [2.05, 4.69) is 0 Å². The number of Topliss-reactive ketones (excluding diaryl/α,β-unsaturated/α-hetero) is 1. The average Bonchev–Trinajstić information content (AvgIpc) is 3.07. The minimum absolute atomic E-state index is 0.114. The van der Waals surface area contributed by atoms with Crippen LogP contribution in [0.2, 0.25) is 0 Å². The van der Waals surface area contributed by atoms with Crippen LogP contribution in [0, 0.1) is 6.92 Å². The van der Waals surface area contributed by atoms with E-state index in [0.717, 1.165) is 34.6 Å². The zero-order chi connectivity index (χ0) is 25.0. The van der Waals surface area contributed by atoms with Crippen LogP contribution in [0.4, 0.5) is 0 Å². The van der Waals surface area contributed by atoms with Crippen LogP contribution in [0.1, 0.15) is 74.8 Å². The average molecular weight is 466 g/mol. The van der Waals surface area contributed by atoms with Crippen molar-refractivity contribution in [3.63, 3.8) is 0 Å². The molecule has 34 heavy (non-hydrogen) atoms. The maximum atomic E-state index is 13.2. The van der Waals surface area contributed by atoms with Gasteiger partial charge in [0.1, 0.15) is 17.3 Å². The molecule has 2 aromatic rings. The zero-order valence-electron chi connectivity index (χ0n) is 21.0. The Hall–Kier alpha value is -3.28. The molecule has 3 rings (SSSR count). The van der Waals surface area contributed by atoms with Gasteiger partial charge in [0.2, 0.25) is 0 Å². The number of ketones is 1. The van der Waals surface area contributed by atoms with Gasteiger partial charge >= 0.3 is 0 Å². The van der Waals surface area contributed by atoms with Gasteiger partial charge in [0, 0.05) is 12.1 Å². The molecule has 2 aromatic carbocycles. The zero-order valence-corrected chi connectivity index (χ0v) is 21.0. The highest BCUT2D eigenvalue weighted by Gasteiger charge is 2.45. The molecule has 6 heteroatoms. The van der Waals surface area contributed by atoms with Gasteiger partial charge in [-0.15, -0.1) is 0 Å². The molecule has 182 valence electrons. The molecule has 0 bridgehead atoms. The molecule has 0 radical (unpaired) electrons.